The van der Waals surface area contributed by atoms with Crippen molar-refractivity contribution in [1.82, 2.24) is 9.38 Å². The highest BCUT2D eigenvalue weighted by Crippen LogP contribution is 2.24. The summed E-state index contributed by atoms with van der Waals surface area (Å²) < 4.78 is 2.05. The lowest BCUT2D eigenvalue weighted by Crippen LogP contribution is -1.91. The van der Waals surface area contributed by atoms with Crippen LogP contribution in [-0.2, 0) is 0 Å². The van der Waals surface area contributed by atoms with E-state index in [9.17, 15) is 0 Å². The van der Waals surface area contributed by atoms with Gasteiger partial charge in [0.2, 0.25) is 0 Å². The zero-order chi connectivity index (χ0) is 14.8. The predicted molar refractivity (Wildman–Crippen MR) is 89.4 cm³/mol. The van der Waals surface area contributed by atoms with Gasteiger partial charge in [-0.2, -0.15) is 0 Å². The number of aromatic nitrogens is 2. The third kappa shape index (κ3) is 2.62. The van der Waals surface area contributed by atoms with Crippen molar-refractivity contribution >= 4 is 11.7 Å². The fraction of sp³-hybridized carbons (Fsp3) is 0.211. The minimum atomic E-state index is 0.616. The van der Waals surface area contributed by atoms with Gasteiger partial charge >= 0.3 is 0 Å². The monoisotopic (exact) mass is 276 g/mol. The number of hydrogen-bond donors (Lipinski definition) is 0. The molecular weight excluding hydrogens is 256 g/mol. The Bertz CT molecular complexity index is 766. The van der Waals surface area contributed by atoms with E-state index in [1.165, 1.54) is 23.1 Å². The van der Waals surface area contributed by atoms with Crippen LogP contribution in [-0.4, -0.2) is 9.38 Å². The van der Waals surface area contributed by atoms with E-state index < -0.39 is 0 Å². The van der Waals surface area contributed by atoms with Crippen LogP contribution in [0.5, 0.6) is 0 Å². The normalized spacial score (nSPS) is 12.5. The van der Waals surface area contributed by atoms with E-state index in [4.69, 9.17) is 0 Å². The second-order valence-electron chi connectivity index (χ2n) is 5.48. The van der Waals surface area contributed by atoms with E-state index in [0.717, 1.165) is 11.3 Å². The van der Waals surface area contributed by atoms with Crippen LogP contribution >= 0.6 is 0 Å². The number of pyridine rings is 1. The molecule has 3 aromatic rings. The molecule has 2 heterocycles. The van der Waals surface area contributed by atoms with E-state index >= 15 is 0 Å². The summed E-state index contributed by atoms with van der Waals surface area (Å²) >= 11 is 0. The maximum absolute atomic E-state index is 4.46. The Balaban J connectivity index is 1.97. The van der Waals surface area contributed by atoms with Gasteiger partial charge in [0.1, 0.15) is 5.65 Å². The van der Waals surface area contributed by atoms with Crippen LogP contribution in [0.4, 0.5) is 0 Å². The molecule has 0 aliphatic heterocycles. The van der Waals surface area contributed by atoms with Gasteiger partial charge in [-0.25, -0.2) is 4.98 Å². The highest BCUT2D eigenvalue weighted by molar-refractivity contribution is 5.65. The number of imidazole rings is 1. The van der Waals surface area contributed by atoms with Gasteiger partial charge in [-0.1, -0.05) is 44.7 Å². The number of rotatable bonds is 4. The summed E-state index contributed by atoms with van der Waals surface area (Å²) in [6.45, 7) is 8.26. The predicted octanol–water partition coefficient (Wildman–Crippen LogP) is 5.16. The van der Waals surface area contributed by atoms with Crippen molar-refractivity contribution < 1.29 is 0 Å². The SMILES string of the molecule is C=Cc1cn2cc(-c3ccc(C(C)CC)cc3)ccc2n1. The second-order valence-corrected chi connectivity index (χ2v) is 5.48. The van der Waals surface area contributed by atoms with E-state index in [-0.39, 0.29) is 0 Å². The van der Waals surface area contributed by atoms with Crippen LogP contribution in [0.3, 0.4) is 0 Å². The fourth-order valence-corrected chi connectivity index (χ4v) is 2.52. The standard InChI is InChI=1S/C19H20N2/c1-4-14(3)15-6-8-16(9-7-15)17-10-11-19-20-18(5-2)13-21(19)12-17/h5-14H,2,4H2,1,3H3. The van der Waals surface area contributed by atoms with Gasteiger partial charge in [-0.3, -0.25) is 0 Å². The van der Waals surface area contributed by atoms with Crippen molar-refractivity contribution in [2.75, 3.05) is 0 Å². The molecule has 0 amide bonds. The lowest BCUT2D eigenvalue weighted by atomic mass is 9.96. The summed E-state index contributed by atoms with van der Waals surface area (Å²) in [6.07, 6.45) is 7.06. The maximum atomic E-state index is 4.46. The zero-order valence-electron chi connectivity index (χ0n) is 12.6. The number of nitrogens with zero attached hydrogens (tertiary/aromatic N) is 2. The molecule has 0 spiro atoms. The first-order valence-corrected chi connectivity index (χ1v) is 7.42. The maximum Gasteiger partial charge on any atom is 0.137 e. The molecule has 106 valence electrons. The summed E-state index contributed by atoms with van der Waals surface area (Å²) in [7, 11) is 0. The molecule has 21 heavy (non-hydrogen) atoms. The molecule has 0 saturated carbocycles. The van der Waals surface area contributed by atoms with Crippen LogP contribution in [0.1, 0.15) is 37.4 Å². The van der Waals surface area contributed by atoms with Gasteiger partial charge in [0.25, 0.3) is 0 Å². The van der Waals surface area contributed by atoms with Gasteiger partial charge in [-0.15, -0.1) is 0 Å². The van der Waals surface area contributed by atoms with Crippen molar-refractivity contribution in [3.8, 4) is 11.1 Å². The van der Waals surface area contributed by atoms with Crippen LogP contribution in [0, 0.1) is 0 Å². The summed E-state index contributed by atoms with van der Waals surface area (Å²) in [4.78, 5) is 4.46. The quantitative estimate of drug-likeness (QED) is 0.643. The van der Waals surface area contributed by atoms with Crippen LogP contribution < -0.4 is 0 Å². The Labute approximate surface area is 125 Å². The van der Waals surface area contributed by atoms with Crippen LogP contribution in [0.25, 0.3) is 22.9 Å². The number of benzene rings is 1. The summed E-state index contributed by atoms with van der Waals surface area (Å²) in [5.74, 6) is 0.616. The molecule has 0 bridgehead atoms. The average molecular weight is 276 g/mol. The molecule has 0 aliphatic rings. The van der Waals surface area contributed by atoms with Gasteiger partial charge < -0.3 is 4.40 Å². The van der Waals surface area contributed by atoms with Crippen molar-refractivity contribution in [2.45, 2.75) is 26.2 Å². The molecule has 3 rings (SSSR count). The number of fused-ring (bicyclic) bond motifs is 1. The molecule has 1 unspecified atom stereocenters. The second kappa shape index (κ2) is 5.57. The minimum absolute atomic E-state index is 0.616. The van der Waals surface area contributed by atoms with Gasteiger partial charge in [0, 0.05) is 12.4 Å². The minimum Gasteiger partial charge on any atom is -0.306 e. The van der Waals surface area contributed by atoms with E-state index in [0.29, 0.717) is 5.92 Å². The summed E-state index contributed by atoms with van der Waals surface area (Å²) in [5.41, 5.74) is 5.69. The van der Waals surface area contributed by atoms with Gasteiger partial charge in [-0.05, 0) is 47.2 Å². The van der Waals surface area contributed by atoms with Crippen LogP contribution in [0.15, 0.2) is 55.4 Å². The molecule has 1 atom stereocenters. The molecule has 2 aromatic heterocycles. The molecule has 0 N–H and O–H groups in total. The fourth-order valence-electron chi connectivity index (χ4n) is 2.52. The van der Waals surface area contributed by atoms with Gasteiger partial charge in [0.15, 0.2) is 0 Å². The Kier molecular flexibility index (Phi) is 3.61. The highest BCUT2D eigenvalue weighted by Gasteiger charge is 2.05. The van der Waals surface area contributed by atoms with Crippen molar-refractivity contribution in [1.29, 1.82) is 0 Å². The first-order valence-electron chi connectivity index (χ1n) is 7.42. The largest absolute Gasteiger partial charge is 0.306 e. The van der Waals surface area contributed by atoms with Crippen LogP contribution in [0.2, 0.25) is 0 Å². The topological polar surface area (TPSA) is 17.3 Å². The van der Waals surface area contributed by atoms with E-state index in [1.807, 2.05) is 12.3 Å². The third-order valence-corrected chi connectivity index (χ3v) is 4.10. The number of hydrogen-bond acceptors (Lipinski definition) is 1. The average Bonchev–Trinajstić information content (AvgIpc) is 2.96. The lowest BCUT2D eigenvalue weighted by molar-refractivity contribution is 0.734. The van der Waals surface area contributed by atoms with Gasteiger partial charge in [0.05, 0.1) is 5.69 Å². The molecule has 0 fully saturated rings. The summed E-state index contributed by atoms with van der Waals surface area (Å²) in [6, 6.07) is 13.0. The van der Waals surface area contributed by atoms with Crippen molar-refractivity contribution in [3.05, 3.63) is 66.6 Å². The highest BCUT2D eigenvalue weighted by atomic mass is 15.0. The van der Waals surface area contributed by atoms with E-state index in [2.05, 4.69) is 66.3 Å². The first-order chi connectivity index (χ1) is 10.2. The summed E-state index contributed by atoms with van der Waals surface area (Å²) in [5, 5.41) is 0. The molecule has 0 radical (unpaired) electrons. The molecule has 2 heteroatoms. The first kappa shape index (κ1) is 13.6. The smallest absolute Gasteiger partial charge is 0.137 e. The molecule has 1 aromatic carbocycles. The molecule has 0 aliphatic carbocycles. The van der Waals surface area contributed by atoms with Crippen molar-refractivity contribution in [3.63, 3.8) is 0 Å². The third-order valence-electron chi connectivity index (χ3n) is 4.10. The van der Waals surface area contributed by atoms with Crippen molar-refractivity contribution in [2.24, 2.45) is 0 Å². The van der Waals surface area contributed by atoms with E-state index in [1.54, 1.807) is 6.08 Å². The Morgan fingerprint density at radius 2 is 1.81 bits per heavy atom. The zero-order valence-corrected chi connectivity index (χ0v) is 12.6. The lowest BCUT2D eigenvalue weighted by Gasteiger charge is -2.10. The molecule has 2 nitrogen and oxygen atoms in total. The Morgan fingerprint density at radius 3 is 2.48 bits per heavy atom. The molecular formula is C19H20N2. The Morgan fingerprint density at radius 1 is 1.10 bits per heavy atom. The molecule has 0 saturated heterocycles. The Hall–Kier alpha value is -2.35.